The van der Waals surface area contributed by atoms with Gasteiger partial charge in [0.2, 0.25) is 12.0 Å². The van der Waals surface area contributed by atoms with E-state index in [9.17, 15) is 14.7 Å². The SMILES string of the molecule is CCC1O[C@H](OC2C(OC(=O)N(c3ccccc3)[C@@H]3O[C@H](CN)C(C)C(OC(=O)Nc4ccccc4)C3C)C(O)[C@@H](N)C[C@H]2NC(=O)[C@H](C)CCN)C(C)[C@@H](N)[C@@H]1c1ccccc1.N=C=O. The summed E-state index contributed by atoms with van der Waals surface area (Å²) < 4.78 is 32.7. The summed E-state index contributed by atoms with van der Waals surface area (Å²) in [5, 5.41) is 23.2. The Morgan fingerprint density at radius 3 is 2.06 bits per heavy atom. The van der Waals surface area contributed by atoms with Gasteiger partial charge >= 0.3 is 12.2 Å². The van der Waals surface area contributed by atoms with Crippen molar-refractivity contribution in [2.45, 2.75) is 127 Å². The zero-order chi connectivity index (χ0) is 48.1. The molecule has 2 saturated heterocycles. The zero-order valence-electron chi connectivity index (χ0n) is 38.3. The Bertz CT molecular complexity index is 2020. The molecule has 1 aliphatic carbocycles. The summed E-state index contributed by atoms with van der Waals surface area (Å²) in [6.45, 7) is 9.79. The monoisotopic (exact) mass is 917 g/mol. The minimum Gasteiger partial charge on any atom is -0.445 e. The fourth-order valence-electron chi connectivity index (χ4n) is 9.27. The molecule has 16 atom stereocenters. The number of hydrogen-bond acceptors (Lipinski definition) is 15. The molecule has 3 aliphatic rings. The van der Waals surface area contributed by atoms with Crippen LogP contribution in [0.4, 0.5) is 21.0 Å². The third kappa shape index (κ3) is 12.4. The lowest BCUT2D eigenvalue weighted by molar-refractivity contribution is -0.273. The number of aliphatic hydroxyl groups is 1. The molecule has 0 spiro atoms. The fraction of sp³-hybridized carbons (Fsp3) is 0.542. The number of anilines is 2. The van der Waals surface area contributed by atoms with Crippen molar-refractivity contribution in [1.29, 1.82) is 5.41 Å². The van der Waals surface area contributed by atoms with Crippen LogP contribution in [0, 0.1) is 29.1 Å². The molecule has 18 heteroatoms. The highest BCUT2D eigenvalue weighted by Gasteiger charge is 2.53. The maximum Gasteiger partial charge on any atom is 0.416 e. The molecular formula is C48H68N8O10. The predicted octanol–water partition coefficient (Wildman–Crippen LogP) is 4.30. The van der Waals surface area contributed by atoms with Gasteiger partial charge < -0.3 is 57.0 Å². The standard InChI is InChI=1S/C47H67N7O9.CHNO/c1-6-35-37(30-16-10-7-11-17-30)38(51)28(4)45(60-35)61-41-34(53-43(56)26(2)22-23-48)24-33(50)39(55)42(41)63-47(58)54(32-20-14-9-15-21-32)44-29(5)40(27(3)36(25-49)59-44)62-46(57)52-31-18-12-8-13-19-31;2-1-3/h7-21,26-29,33-42,44-45,55H,6,22-25,48-51H2,1-5H3,(H,52,57)(H,53,56);2H/t26-,27?,28?,29?,33+,34-,35?,36-,37-,38-,39?,40?,41?,42?,44-,45-;/m1./s1. The molecule has 18 nitrogen and oxygen atoms in total. The van der Waals surface area contributed by atoms with Crippen LogP contribution in [0.15, 0.2) is 91.0 Å². The van der Waals surface area contributed by atoms with E-state index >= 15 is 4.79 Å². The molecule has 12 N–H and O–H groups in total. The number of para-hydroxylation sites is 2. The molecule has 3 aromatic rings. The summed E-state index contributed by atoms with van der Waals surface area (Å²) in [5.74, 6) is -2.24. The van der Waals surface area contributed by atoms with Crippen molar-refractivity contribution in [3.05, 3.63) is 96.6 Å². The van der Waals surface area contributed by atoms with Crippen molar-refractivity contribution in [1.82, 2.24) is 5.32 Å². The van der Waals surface area contributed by atoms with E-state index in [1.54, 1.807) is 61.5 Å². The Morgan fingerprint density at radius 2 is 1.47 bits per heavy atom. The van der Waals surface area contributed by atoms with Gasteiger partial charge in [-0.1, -0.05) is 101 Å². The molecule has 8 unspecified atom stereocenters. The summed E-state index contributed by atoms with van der Waals surface area (Å²) in [4.78, 5) is 51.7. The molecule has 2 heterocycles. The highest BCUT2D eigenvalue weighted by molar-refractivity contribution is 5.88. The molecule has 2 aliphatic heterocycles. The van der Waals surface area contributed by atoms with Gasteiger partial charge in [-0.25, -0.2) is 19.8 Å². The topological polar surface area (TPSA) is 290 Å². The van der Waals surface area contributed by atoms with E-state index in [1.165, 1.54) is 4.90 Å². The lowest BCUT2D eigenvalue weighted by Crippen LogP contribution is -2.67. The highest BCUT2D eigenvalue weighted by Crippen LogP contribution is 2.41. The number of amides is 3. The smallest absolute Gasteiger partial charge is 0.416 e. The largest absolute Gasteiger partial charge is 0.445 e. The first-order chi connectivity index (χ1) is 31.7. The fourth-order valence-corrected chi connectivity index (χ4v) is 9.27. The van der Waals surface area contributed by atoms with Crippen LogP contribution < -0.4 is 38.5 Å². The van der Waals surface area contributed by atoms with Gasteiger partial charge in [0, 0.05) is 59.6 Å². The van der Waals surface area contributed by atoms with Gasteiger partial charge in [-0.2, -0.15) is 0 Å². The van der Waals surface area contributed by atoms with Crippen LogP contribution in [0.2, 0.25) is 0 Å². The Labute approximate surface area is 386 Å². The second kappa shape index (κ2) is 24.5. The van der Waals surface area contributed by atoms with Crippen molar-refractivity contribution in [2.75, 3.05) is 23.3 Å². The van der Waals surface area contributed by atoms with Gasteiger partial charge in [0.15, 0.2) is 12.4 Å². The lowest BCUT2D eigenvalue weighted by Gasteiger charge is -2.50. The van der Waals surface area contributed by atoms with E-state index in [0.717, 1.165) is 11.6 Å². The maximum atomic E-state index is 15.0. The molecule has 360 valence electrons. The van der Waals surface area contributed by atoms with Crippen LogP contribution in [0.1, 0.15) is 65.4 Å². The van der Waals surface area contributed by atoms with Crippen LogP contribution >= 0.6 is 0 Å². The van der Waals surface area contributed by atoms with Crippen molar-refractivity contribution in [2.24, 2.45) is 46.6 Å². The lowest BCUT2D eigenvalue weighted by atomic mass is 9.77. The molecule has 3 amide bonds. The molecule has 0 bridgehead atoms. The summed E-state index contributed by atoms with van der Waals surface area (Å²) in [7, 11) is 0. The number of isocyanates is 1. The Kier molecular flexibility index (Phi) is 19.2. The highest BCUT2D eigenvalue weighted by atomic mass is 16.7. The molecule has 0 radical (unpaired) electrons. The van der Waals surface area contributed by atoms with E-state index < -0.39 is 85.2 Å². The number of aliphatic hydroxyl groups excluding tert-OH is 1. The van der Waals surface area contributed by atoms with Crippen molar-refractivity contribution in [3.8, 4) is 0 Å². The third-order valence-electron chi connectivity index (χ3n) is 13.0. The zero-order valence-corrected chi connectivity index (χ0v) is 38.3. The third-order valence-corrected chi connectivity index (χ3v) is 13.0. The van der Waals surface area contributed by atoms with Gasteiger partial charge in [-0.05, 0) is 55.6 Å². The van der Waals surface area contributed by atoms with Crippen LogP contribution in [0.25, 0.3) is 0 Å². The van der Waals surface area contributed by atoms with E-state index in [4.69, 9.17) is 56.8 Å². The molecule has 0 aromatic heterocycles. The van der Waals surface area contributed by atoms with Crippen molar-refractivity contribution >= 4 is 35.5 Å². The number of rotatable bonds is 14. The summed E-state index contributed by atoms with van der Waals surface area (Å²) in [6, 6.07) is 25.5. The number of ether oxygens (including phenoxy) is 5. The van der Waals surface area contributed by atoms with E-state index in [1.807, 2.05) is 64.1 Å². The molecule has 66 heavy (non-hydrogen) atoms. The van der Waals surface area contributed by atoms with Gasteiger partial charge in [-0.3, -0.25) is 15.0 Å². The summed E-state index contributed by atoms with van der Waals surface area (Å²) in [6.07, 6.45) is -7.41. The first-order valence-corrected chi connectivity index (χ1v) is 22.7. The molecular weight excluding hydrogens is 849 g/mol. The van der Waals surface area contributed by atoms with Crippen LogP contribution in [-0.2, 0) is 33.3 Å². The van der Waals surface area contributed by atoms with Gasteiger partial charge in [0.05, 0.1) is 18.2 Å². The van der Waals surface area contributed by atoms with E-state index in [0.29, 0.717) is 30.8 Å². The normalized spacial score (nSPS) is 32.2. The maximum absolute atomic E-state index is 15.0. The number of nitrogens with one attached hydrogen (secondary N) is 3. The molecule has 3 fully saturated rings. The van der Waals surface area contributed by atoms with Crippen molar-refractivity contribution in [3.63, 3.8) is 0 Å². The number of nitrogens with zero attached hydrogens (tertiary/aromatic N) is 1. The minimum atomic E-state index is -1.43. The minimum absolute atomic E-state index is 0.0594. The van der Waals surface area contributed by atoms with Gasteiger partial charge in [0.1, 0.15) is 24.5 Å². The van der Waals surface area contributed by atoms with Crippen molar-refractivity contribution < 1.29 is 48.0 Å². The Morgan fingerprint density at radius 1 is 0.864 bits per heavy atom. The summed E-state index contributed by atoms with van der Waals surface area (Å²) in [5.41, 5.74) is 27.7. The summed E-state index contributed by atoms with van der Waals surface area (Å²) >= 11 is 0. The van der Waals surface area contributed by atoms with Gasteiger partial charge in [-0.15, -0.1) is 0 Å². The van der Waals surface area contributed by atoms with E-state index in [2.05, 4.69) is 10.6 Å². The average molecular weight is 917 g/mol. The molecule has 1 saturated carbocycles. The first kappa shape index (κ1) is 51.7. The van der Waals surface area contributed by atoms with E-state index in [-0.39, 0.29) is 42.7 Å². The molecule has 3 aromatic carbocycles. The average Bonchev–Trinajstić information content (AvgIpc) is 3.31. The number of benzene rings is 3. The van der Waals surface area contributed by atoms with Crippen LogP contribution in [-0.4, -0.2) is 110 Å². The number of hydrogen-bond donors (Lipinski definition) is 8. The number of nitrogens with two attached hydrogens (primary N) is 4. The number of carbonyl (C=O) groups excluding carboxylic acids is 4. The predicted molar refractivity (Wildman–Crippen MR) is 247 cm³/mol. The Balaban J connectivity index is 0.00000265. The second-order valence-corrected chi connectivity index (χ2v) is 17.4. The first-order valence-electron chi connectivity index (χ1n) is 22.7. The second-order valence-electron chi connectivity index (χ2n) is 17.4. The number of carbonyl (C=O) groups is 3. The van der Waals surface area contributed by atoms with Gasteiger partial charge in [0.25, 0.3) is 0 Å². The van der Waals surface area contributed by atoms with Crippen LogP contribution in [0.3, 0.4) is 0 Å². The van der Waals surface area contributed by atoms with Crippen LogP contribution in [0.5, 0.6) is 0 Å². The quantitative estimate of drug-likeness (QED) is 0.0827. The molecule has 6 rings (SSSR count). The Hall–Kier alpha value is -5.27.